The van der Waals surface area contributed by atoms with Crippen LogP contribution in [0, 0.1) is 0 Å². The molecule has 0 bridgehead atoms. The number of carbonyl (C=O) groups is 1. The van der Waals surface area contributed by atoms with Crippen molar-refractivity contribution in [2.45, 2.75) is 17.0 Å². The van der Waals surface area contributed by atoms with Gasteiger partial charge in [-0.3, -0.25) is 4.79 Å². The molecule has 0 saturated carbocycles. The standard InChI is InChI=1S/C12H12N2OS/c13-11(15)10-5-9-8-4-2-1-3-7(8)6-14-12(9)16-10/h1-4,6,10,12,14H,5H2,(H2,13,15). The molecular weight excluding hydrogens is 220 g/mol. The Balaban J connectivity index is 2.15. The van der Waals surface area contributed by atoms with Crippen molar-refractivity contribution in [3.63, 3.8) is 0 Å². The molecule has 82 valence electrons. The number of benzene rings is 1. The average Bonchev–Trinajstić information content (AvgIpc) is 2.73. The number of nitrogens with two attached hydrogens (primary N) is 1. The molecule has 0 radical (unpaired) electrons. The highest BCUT2D eigenvalue weighted by Gasteiger charge is 2.34. The molecule has 1 amide bonds. The lowest BCUT2D eigenvalue weighted by Gasteiger charge is -2.16. The predicted octanol–water partition coefficient (Wildman–Crippen LogP) is -0.505. The summed E-state index contributed by atoms with van der Waals surface area (Å²) >= 11 is 1.61. The van der Waals surface area contributed by atoms with Gasteiger partial charge in [-0.05, 0) is 22.4 Å². The van der Waals surface area contributed by atoms with E-state index in [1.807, 2.05) is 18.3 Å². The van der Waals surface area contributed by atoms with Crippen LogP contribution in [0.2, 0.25) is 0 Å². The summed E-state index contributed by atoms with van der Waals surface area (Å²) in [6.45, 7) is 0. The fraction of sp³-hybridized carbons (Fsp3) is 0.250. The monoisotopic (exact) mass is 232 g/mol. The molecule has 0 aliphatic carbocycles. The van der Waals surface area contributed by atoms with E-state index in [2.05, 4.69) is 17.4 Å². The van der Waals surface area contributed by atoms with Crippen molar-refractivity contribution >= 4 is 29.4 Å². The van der Waals surface area contributed by atoms with Crippen molar-refractivity contribution in [3.05, 3.63) is 34.7 Å². The van der Waals surface area contributed by atoms with Crippen LogP contribution in [0.15, 0.2) is 24.3 Å². The molecule has 4 heteroatoms. The first kappa shape index (κ1) is 9.78. The maximum absolute atomic E-state index is 11.2. The van der Waals surface area contributed by atoms with Crippen LogP contribution in [0.1, 0.15) is 6.42 Å². The first-order valence-electron chi connectivity index (χ1n) is 5.25. The molecule has 3 nitrogen and oxygen atoms in total. The van der Waals surface area contributed by atoms with E-state index in [0.717, 1.165) is 6.42 Å². The van der Waals surface area contributed by atoms with Crippen LogP contribution in [0.3, 0.4) is 0 Å². The Morgan fingerprint density at radius 2 is 2.25 bits per heavy atom. The summed E-state index contributed by atoms with van der Waals surface area (Å²) in [5, 5.41) is 5.89. The van der Waals surface area contributed by atoms with Crippen LogP contribution in [0.5, 0.6) is 0 Å². The van der Waals surface area contributed by atoms with Crippen molar-refractivity contribution in [2.75, 3.05) is 0 Å². The van der Waals surface area contributed by atoms with Gasteiger partial charge >= 0.3 is 0 Å². The van der Waals surface area contributed by atoms with E-state index in [0.29, 0.717) is 0 Å². The van der Waals surface area contributed by atoms with Crippen LogP contribution < -0.4 is 21.5 Å². The summed E-state index contributed by atoms with van der Waals surface area (Å²) in [5.41, 5.74) is 6.66. The lowest BCUT2D eigenvalue weighted by molar-refractivity contribution is -0.117. The number of nitrogens with one attached hydrogen (secondary N) is 1. The number of hydrogen-bond acceptors (Lipinski definition) is 3. The van der Waals surface area contributed by atoms with Crippen molar-refractivity contribution in [1.82, 2.24) is 5.32 Å². The molecule has 2 atom stereocenters. The van der Waals surface area contributed by atoms with Gasteiger partial charge < -0.3 is 11.1 Å². The summed E-state index contributed by atoms with van der Waals surface area (Å²) in [6.07, 6.45) is 2.78. The van der Waals surface area contributed by atoms with E-state index < -0.39 is 0 Å². The van der Waals surface area contributed by atoms with Crippen molar-refractivity contribution < 1.29 is 4.79 Å². The second-order valence-electron chi connectivity index (χ2n) is 4.03. The van der Waals surface area contributed by atoms with E-state index in [4.69, 9.17) is 5.73 Å². The predicted molar refractivity (Wildman–Crippen MR) is 65.7 cm³/mol. The minimum atomic E-state index is -0.216. The summed E-state index contributed by atoms with van der Waals surface area (Å²) in [7, 11) is 0. The van der Waals surface area contributed by atoms with Crippen LogP contribution >= 0.6 is 11.8 Å². The van der Waals surface area contributed by atoms with E-state index >= 15 is 0 Å². The van der Waals surface area contributed by atoms with Gasteiger partial charge in [-0.2, -0.15) is 0 Å². The Kier molecular flexibility index (Phi) is 2.17. The lowest BCUT2D eigenvalue weighted by Crippen LogP contribution is -2.39. The Hall–Kier alpha value is -1.42. The quantitative estimate of drug-likeness (QED) is 0.686. The maximum atomic E-state index is 11.2. The normalized spacial score (nSPS) is 26.4. The van der Waals surface area contributed by atoms with Crippen LogP contribution in [0.4, 0.5) is 0 Å². The third kappa shape index (κ3) is 1.41. The summed E-state index contributed by atoms with van der Waals surface area (Å²) in [5.74, 6) is -0.216. The van der Waals surface area contributed by atoms with Crippen LogP contribution in [-0.4, -0.2) is 16.5 Å². The van der Waals surface area contributed by atoms with Gasteiger partial charge in [-0.25, -0.2) is 0 Å². The minimum absolute atomic E-state index is 0.0907. The highest BCUT2D eigenvalue weighted by Crippen LogP contribution is 2.37. The molecule has 3 rings (SSSR count). The van der Waals surface area contributed by atoms with Gasteiger partial charge in [0.1, 0.15) is 0 Å². The molecule has 1 saturated heterocycles. The van der Waals surface area contributed by atoms with Gasteiger partial charge in [-0.1, -0.05) is 24.3 Å². The number of primary amides is 1. The van der Waals surface area contributed by atoms with Gasteiger partial charge in [0.25, 0.3) is 0 Å². The summed E-state index contributed by atoms with van der Waals surface area (Å²) < 4.78 is 0. The number of amides is 1. The highest BCUT2D eigenvalue weighted by atomic mass is 32.2. The van der Waals surface area contributed by atoms with Gasteiger partial charge in [-0.15, -0.1) is 11.8 Å². The number of thioether (sulfide) groups is 1. The van der Waals surface area contributed by atoms with Crippen LogP contribution in [0.25, 0.3) is 11.8 Å². The molecule has 2 aliphatic heterocycles. The summed E-state index contributed by atoms with van der Waals surface area (Å²) in [6, 6.07) is 8.24. The smallest absolute Gasteiger partial charge is 0.230 e. The lowest BCUT2D eigenvalue weighted by atomic mass is 10.0. The second kappa shape index (κ2) is 3.56. The molecular formula is C12H12N2OS. The molecule has 2 aliphatic rings. The number of rotatable bonds is 1. The Labute approximate surface area is 97.4 Å². The Morgan fingerprint density at radius 3 is 3.06 bits per heavy atom. The van der Waals surface area contributed by atoms with Gasteiger partial charge in [0.15, 0.2) is 0 Å². The zero-order valence-corrected chi connectivity index (χ0v) is 9.46. The molecule has 16 heavy (non-hydrogen) atoms. The van der Waals surface area contributed by atoms with E-state index in [1.165, 1.54) is 16.0 Å². The second-order valence-corrected chi connectivity index (χ2v) is 5.35. The summed E-state index contributed by atoms with van der Waals surface area (Å²) in [4.78, 5) is 11.2. The SMILES string of the molecule is NC(=O)C1CC2=c3ccccc3=CNC2S1. The van der Waals surface area contributed by atoms with Crippen molar-refractivity contribution in [3.8, 4) is 0 Å². The molecule has 2 heterocycles. The Bertz CT molecular complexity index is 567. The zero-order chi connectivity index (χ0) is 11.1. The first-order valence-corrected chi connectivity index (χ1v) is 6.19. The van der Waals surface area contributed by atoms with Gasteiger partial charge in [0, 0.05) is 6.20 Å². The third-order valence-corrected chi connectivity index (χ3v) is 4.46. The van der Waals surface area contributed by atoms with E-state index in [-0.39, 0.29) is 16.5 Å². The number of hydrogen-bond donors (Lipinski definition) is 2. The topological polar surface area (TPSA) is 55.1 Å². The minimum Gasteiger partial charge on any atom is -0.375 e. The Morgan fingerprint density at radius 1 is 1.44 bits per heavy atom. The van der Waals surface area contributed by atoms with Crippen molar-refractivity contribution in [1.29, 1.82) is 0 Å². The van der Waals surface area contributed by atoms with Crippen LogP contribution in [-0.2, 0) is 4.79 Å². The average molecular weight is 232 g/mol. The fourth-order valence-electron chi connectivity index (χ4n) is 2.24. The van der Waals surface area contributed by atoms with Crippen molar-refractivity contribution in [2.24, 2.45) is 5.73 Å². The molecule has 1 aromatic rings. The van der Waals surface area contributed by atoms with E-state index in [1.54, 1.807) is 11.8 Å². The highest BCUT2D eigenvalue weighted by molar-refractivity contribution is 8.02. The number of carbonyl (C=O) groups excluding carboxylic acids is 1. The third-order valence-electron chi connectivity index (χ3n) is 3.04. The van der Waals surface area contributed by atoms with Gasteiger partial charge in [0.2, 0.25) is 5.91 Å². The first-order chi connectivity index (χ1) is 7.75. The maximum Gasteiger partial charge on any atom is 0.230 e. The molecule has 3 N–H and O–H groups in total. The van der Waals surface area contributed by atoms with Gasteiger partial charge in [0.05, 0.1) is 10.6 Å². The fourth-order valence-corrected chi connectivity index (χ4v) is 3.51. The molecule has 0 spiro atoms. The molecule has 1 aromatic carbocycles. The zero-order valence-electron chi connectivity index (χ0n) is 8.64. The largest absolute Gasteiger partial charge is 0.375 e. The molecule has 0 aromatic heterocycles. The van der Waals surface area contributed by atoms with E-state index in [9.17, 15) is 4.79 Å². The molecule has 1 fully saturated rings. The number of fused-ring (bicyclic) bond motifs is 2. The molecule has 2 unspecified atom stereocenters.